The summed E-state index contributed by atoms with van der Waals surface area (Å²) in [6.07, 6.45) is 1.60. The maximum Gasteiger partial charge on any atom is 0.307 e. The molecule has 31 heavy (non-hydrogen) atoms. The Kier molecular flexibility index (Phi) is 5.91. The smallest absolute Gasteiger partial charge is 0.307 e. The average molecular weight is 416 g/mol. The molecule has 0 fully saturated rings. The van der Waals surface area contributed by atoms with E-state index in [-0.39, 0.29) is 13.0 Å². The minimum Gasteiger partial charge on any atom is -0.488 e. The van der Waals surface area contributed by atoms with Crippen LogP contribution in [0.15, 0.2) is 71.3 Å². The summed E-state index contributed by atoms with van der Waals surface area (Å²) in [6, 6.07) is 19.5. The number of rotatable bonds is 8. The number of hydrogen-bond acceptors (Lipinski definition) is 5. The Labute approximate surface area is 180 Å². The fourth-order valence-electron chi connectivity index (χ4n) is 3.64. The first-order valence-electron chi connectivity index (χ1n) is 10.0. The molecule has 0 bridgehead atoms. The van der Waals surface area contributed by atoms with Crippen LogP contribution < -0.4 is 15.8 Å². The molecular weight excluding hydrogens is 392 g/mol. The average Bonchev–Trinajstić information content (AvgIpc) is 3.20. The zero-order chi connectivity index (χ0) is 21.8. The number of furan rings is 1. The van der Waals surface area contributed by atoms with Crippen LogP contribution >= 0.6 is 0 Å². The first-order chi connectivity index (χ1) is 15.1. The molecule has 4 N–H and O–H groups in total. The van der Waals surface area contributed by atoms with Crippen molar-refractivity contribution < 1.29 is 19.1 Å². The Balaban J connectivity index is 1.69. The summed E-state index contributed by atoms with van der Waals surface area (Å²) in [5, 5.41) is 13.3. The van der Waals surface area contributed by atoms with Gasteiger partial charge < -0.3 is 25.3 Å². The van der Waals surface area contributed by atoms with Crippen LogP contribution in [-0.4, -0.2) is 18.1 Å². The first kappa shape index (κ1) is 20.5. The van der Waals surface area contributed by atoms with Gasteiger partial charge in [0, 0.05) is 30.1 Å². The number of para-hydroxylation sites is 1. The predicted octanol–water partition coefficient (Wildman–Crippen LogP) is 4.81. The molecule has 0 atom stereocenters. The number of carbonyl (C=O) groups is 1. The molecule has 4 aromatic rings. The maximum absolute atomic E-state index is 11.1. The van der Waals surface area contributed by atoms with Gasteiger partial charge in [-0.3, -0.25) is 4.79 Å². The second-order valence-electron chi connectivity index (χ2n) is 7.28. The van der Waals surface area contributed by atoms with Crippen molar-refractivity contribution in [2.45, 2.75) is 19.6 Å². The normalized spacial score (nSPS) is 10.9. The van der Waals surface area contributed by atoms with Gasteiger partial charge in [0.25, 0.3) is 0 Å². The van der Waals surface area contributed by atoms with E-state index in [1.165, 1.54) is 0 Å². The van der Waals surface area contributed by atoms with Gasteiger partial charge in [-0.25, -0.2) is 0 Å². The number of carboxylic acid groups (broad SMARTS) is 1. The summed E-state index contributed by atoms with van der Waals surface area (Å²) in [5.41, 5.74) is 12.1. The zero-order valence-corrected chi connectivity index (χ0v) is 17.2. The summed E-state index contributed by atoms with van der Waals surface area (Å²) in [5.74, 6) is -0.340. The molecule has 0 spiro atoms. The highest BCUT2D eigenvalue weighted by Gasteiger charge is 2.14. The lowest BCUT2D eigenvalue weighted by Crippen LogP contribution is -2.04. The van der Waals surface area contributed by atoms with Gasteiger partial charge in [0.05, 0.1) is 18.4 Å². The van der Waals surface area contributed by atoms with Crippen LogP contribution in [0.4, 0.5) is 5.69 Å². The van der Waals surface area contributed by atoms with Gasteiger partial charge in [0.2, 0.25) is 0 Å². The van der Waals surface area contributed by atoms with Gasteiger partial charge >= 0.3 is 5.97 Å². The number of carboxylic acids is 1. The molecule has 4 rings (SSSR count). The van der Waals surface area contributed by atoms with Crippen molar-refractivity contribution in [3.05, 3.63) is 83.6 Å². The van der Waals surface area contributed by atoms with E-state index in [9.17, 15) is 4.79 Å². The van der Waals surface area contributed by atoms with Crippen LogP contribution in [0.5, 0.6) is 5.75 Å². The third-order valence-electron chi connectivity index (χ3n) is 5.22. The molecule has 6 heteroatoms. The SMILES string of the molecule is CNc1cc(-c2cccc(CN)c2)cc2c(COc3ccccc3CC(=O)O)coc12. The number of anilines is 1. The standard InChI is InChI=1S/C25H24N2O4/c1-27-22-11-19(17-7-4-5-16(9-17)13-26)10-21-20(15-31-25(21)22)14-30-23-8-3-2-6-18(23)12-24(28)29/h2-11,15,27H,12-14,26H2,1H3,(H,28,29). The molecule has 158 valence electrons. The Morgan fingerprint density at radius 2 is 1.90 bits per heavy atom. The topological polar surface area (TPSA) is 97.7 Å². The van der Waals surface area contributed by atoms with E-state index in [1.54, 1.807) is 24.5 Å². The van der Waals surface area contributed by atoms with Gasteiger partial charge in [0.1, 0.15) is 12.4 Å². The molecular formula is C25H24N2O4. The minimum atomic E-state index is -0.896. The van der Waals surface area contributed by atoms with Crippen molar-refractivity contribution in [3.63, 3.8) is 0 Å². The molecule has 0 saturated heterocycles. The lowest BCUT2D eigenvalue weighted by atomic mass is 10.00. The molecule has 0 aliphatic carbocycles. The molecule has 0 unspecified atom stereocenters. The number of hydrogen-bond donors (Lipinski definition) is 3. The monoisotopic (exact) mass is 416 g/mol. The predicted molar refractivity (Wildman–Crippen MR) is 121 cm³/mol. The highest BCUT2D eigenvalue weighted by molar-refractivity contribution is 5.95. The lowest BCUT2D eigenvalue weighted by Gasteiger charge is -2.11. The number of benzene rings is 3. The van der Waals surface area contributed by atoms with Gasteiger partial charge in [0.15, 0.2) is 5.58 Å². The molecule has 1 aromatic heterocycles. The quantitative estimate of drug-likeness (QED) is 0.381. The van der Waals surface area contributed by atoms with Crippen molar-refractivity contribution in [1.29, 1.82) is 0 Å². The van der Waals surface area contributed by atoms with Crippen LogP contribution in [0.1, 0.15) is 16.7 Å². The maximum atomic E-state index is 11.1. The van der Waals surface area contributed by atoms with E-state index >= 15 is 0 Å². The van der Waals surface area contributed by atoms with Crippen LogP contribution in [-0.2, 0) is 24.4 Å². The third kappa shape index (κ3) is 4.39. The van der Waals surface area contributed by atoms with Crippen molar-refractivity contribution in [3.8, 4) is 16.9 Å². The van der Waals surface area contributed by atoms with E-state index in [0.29, 0.717) is 17.9 Å². The Morgan fingerprint density at radius 1 is 1.06 bits per heavy atom. The van der Waals surface area contributed by atoms with Gasteiger partial charge in [-0.15, -0.1) is 0 Å². The second-order valence-corrected chi connectivity index (χ2v) is 7.28. The number of aliphatic carboxylic acids is 1. The Bertz CT molecular complexity index is 1230. The van der Waals surface area contributed by atoms with Gasteiger partial charge in [-0.05, 0) is 41.0 Å². The van der Waals surface area contributed by atoms with E-state index in [2.05, 4.69) is 23.5 Å². The van der Waals surface area contributed by atoms with Crippen LogP contribution in [0.25, 0.3) is 22.1 Å². The molecule has 1 heterocycles. The van der Waals surface area contributed by atoms with E-state index < -0.39 is 5.97 Å². The molecule has 0 amide bonds. The van der Waals surface area contributed by atoms with E-state index in [1.807, 2.05) is 31.3 Å². The van der Waals surface area contributed by atoms with Crippen molar-refractivity contribution >= 4 is 22.6 Å². The number of ether oxygens (including phenoxy) is 1. The number of fused-ring (bicyclic) bond motifs is 1. The molecule has 0 radical (unpaired) electrons. The number of nitrogens with two attached hydrogens (primary N) is 1. The van der Waals surface area contributed by atoms with Crippen molar-refractivity contribution in [1.82, 2.24) is 0 Å². The summed E-state index contributed by atoms with van der Waals surface area (Å²) >= 11 is 0. The summed E-state index contributed by atoms with van der Waals surface area (Å²) in [7, 11) is 1.86. The number of nitrogens with one attached hydrogen (secondary N) is 1. The fourth-order valence-corrected chi connectivity index (χ4v) is 3.64. The lowest BCUT2D eigenvalue weighted by molar-refractivity contribution is -0.136. The summed E-state index contributed by atoms with van der Waals surface area (Å²) in [4.78, 5) is 11.1. The molecule has 0 aliphatic rings. The fraction of sp³-hybridized carbons (Fsp3) is 0.160. The van der Waals surface area contributed by atoms with E-state index in [4.69, 9.17) is 20.0 Å². The molecule has 0 saturated carbocycles. The van der Waals surface area contributed by atoms with Crippen LogP contribution in [0, 0.1) is 0 Å². The van der Waals surface area contributed by atoms with Crippen molar-refractivity contribution in [2.75, 3.05) is 12.4 Å². The first-order valence-corrected chi connectivity index (χ1v) is 10.0. The largest absolute Gasteiger partial charge is 0.488 e. The summed E-state index contributed by atoms with van der Waals surface area (Å²) in [6.45, 7) is 0.745. The van der Waals surface area contributed by atoms with Gasteiger partial charge in [-0.1, -0.05) is 36.4 Å². The molecule has 3 aromatic carbocycles. The molecule has 6 nitrogen and oxygen atoms in total. The third-order valence-corrected chi connectivity index (χ3v) is 5.22. The summed E-state index contributed by atoms with van der Waals surface area (Å²) < 4.78 is 11.8. The Morgan fingerprint density at radius 3 is 2.68 bits per heavy atom. The van der Waals surface area contributed by atoms with Crippen LogP contribution in [0.3, 0.4) is 0 Å². The zero-order valence-electron chi connectivity index (χ0n) is 17.2. The highest BCUT2D eigenvalue weighted by atomic mass is 16.5. The second kappa shape index (κ2) is 8.93. The minimum absolute atomic E-state index is 0.0894. The van der Waals surface area contributed by atoms with Crippen LogP contribution in [0.2, 0.25) is 0 Å². The van der Waals surface area contributed by atoms with Crippen molar-refractivity contribution in [2.24, 2.45) is 5.73 Å². The van der Waals surface area contributed by atoms with E-state index in [0.717, 1.165) is 38.9 Å². The Hall–Kier alpha value is -3.77. The van der Waals surface area contributed by atoms with Gasteiger partial charge in [-0.2, -0.15) is 0 Å². The molecule has 0 aliphatic heterocycles. The highest BCUT2D eigenvalue weighted by Crippen LogP contribution is 2.35.